The summed E-state index contributed by atoms with van der Waals surface area (Å²) >= 11 is 0. The van der Waals surface area contributed by atoms with Crippen molar-refractivity contribution < 1.29 is 23.1 Å². The highest BCUT2D eigenvalue weighted by atomic mass is 32.2. The first-order valence-corrected chi connectivity index (χ1v) is 13.4. The molecule has 1 aliphatic heterocycles. The zero-order chi connectivity index (χ0) is 25.5. The van der Waals surface area contributed by atoms with Crippen LogP contribution >= 0.6 is 0 Å². The van der Waals surface area contributed by atoms with Gasteiger partial charge in [0, 0.05) is 12.1 Å². The molecule has 1 aromatic heterocycles. The highest BCUT2D eigenvalue weighted by molar-refractivity contribution is 7.89. The van der Waals surface area contributed by atoms with E-state index in [1.165, 1.54) is 12.1 Å². The Hall–Kier alpha value is -3.27. The van der Waals surface area contributed by atoms with Gasteiger partial charge in [0.2, 0.25) is 15.9 Å². The molecule has 5 rings (SSSR count). The molecule has 1 aliphatic carbocycles. The van der Waals surface area contributed by atoms with Gasteiger partial charge in [0.05, 0.1) is 23.1 Å². The first kappa shape index (κ1) is 24.4. The maximum Gasteiger partial charge on any atom is 0.245 e. The number of aromatic nitrogens is 1. The van der Waals surface area contributed by atoms with Crippen molar-refractivity contribution >= 4 is 21.7 Å². The molecule has 8 nitrogen and oxygen atoms in total. The number of benzene rings is 2. The van der Waals surface area contributed by atoms with E-state index >= 15 is 0 Å². The van der Waals surface area contributed by atoms with E-state index in [1.54, 1.807) is 31.4 Å². The normalized spacial score (nSPS) is 19.1. The fourth-order valence-electron chi connectivity index (χ4n) is 4.79. The molecule has 3 aromatic rings. The molecule has 2 heterocycles. The average Bonchev–Trinajstić information content (AvgIpc) is 3.58. The van der Waals surface area contributed by atoms with Gasteiger partial charge in [0.15, 0.2) is 0 Å². The molecule has 2 fully saturated rings. The second-order valence-electron chi connectivity index (χ2n) is 9.39. The number of sulfonamides is 1. The van der Waals surface area contributed by atoms with E-state index in [4.69, 9.17) is 4.74 Å². The van der Waals surface area contributed by atoms with Crippen LogP contribution in [0.15, 0.2) is 65.6 Å². The maximum absolute atomic E-state index is 13.2. The van der Waals surface area contributed by atoms with Crippen LogP contribution in [0.5, 0.6) is 5.75 Å². The van der Waals surface area contributed by atoms with Crippen molar-refractivity contribution in [2.45, 2.75) is 49.1 Å². The summed E-state index contributed by atoms with van der Waals surface area (Å²) in [5.74, 6) is 1.13. The third-order valence-corrected chi connectivity index (χ3v) is 8.96. The smallest absolute Gasteiger partial charge is 0.245 e. The number of ether oxygens (including phenoxy) is 1. The number of hydrogen-bond donors (Lipinski definition) is 2. The van der Waals surface area contributed by atoms with Crippen LogP contribution in [0.25, 0.3) is 11.3 Å². The fraction of sp³-hybridized carbons (Fsp3) is 0.333. The summed E-state index contributed by atoms with van der Waals surface area (Å²) in [7, 11) is -2.13. The summed E-state index contributed by atoms with van der Waals surface area (Å²) in [6, 6.07) is 17.6. The van der Waals surface area contributed by atoms with Crippen LogP contribution in [0, 0.1) is 6.92 Å². The van der Waals surface area contributed by atoms with Crippen LogP contribution in [0.2, 0.25) is 0 Å². The first-order chi connectivity index (χ1) is 17.2. The van der Waals surface area contributed by atoms with Crippen LogP contribution in [0.3, 0.4) is 0 Å². The zero-order valence-corrected chi connectivity index (χ0v) is 21.1. The van der Waals surface area contributed by atoms with Crippen molar-refractivity contribution in [3.63, 3.8) is 0 Å². The summed E-state index contributed by atoms with van der Waals surface area (Å²) in [5.41, 5.74) is 2.72. The van der Waals surface area contributed by atoms with E-state index < -0.39 is 21.7 Å². The van der Waals surface area contributed by atoms with Crippen LogP contribution in [-0.4, -0.2) is 48.6 Å². The van der Waals surface area contributed by atoms with E-state index in [1.807, 2.05) is 31.2 Å². The quantitative estimate of drug-likeness (QED) is 0.503. The number of rotatable bonds is 7. The van der Waals surface area contributed by atoms with Crippen molar-refractivity contribution in [1.29, 1.82) is 0 Å². The summed E-state index contributed by atoms with van der Waals surface area (Å²) in [6.45, 7) is 2.28. The molecule has 2 N–H and O–H groups in total. The Morgan fingerprint density at radius 1 is 1.14 bits per heavy atom. The highest BCUT2D eigenvalue weighted by Crippen LogP contribution is 2.49. The van der Waals surface area contributed by atoms with Crippen LogP contribution < -0.4 is 10.1 Å². The standard InChI is InChI=1S/C27H29N3O5S/c1-18-17-20(10-13-23(18)35-2)27(14-15-27)26(32)29-24-6-3-5-22(28-24)19-8-11-21(12-9-19)36(33,34)30-16-4-7-25(30)31/h3,5-6,8-13,17,25,31H,4,7,14-16H2,1-2H3,(H,28,29,32). The number of amides is 1. The van der Waals surface area contributed by atoms with Gasteiger partial charge in [-0.1, -0.05) is 30.3 Å². The van der Waals surface area contributed by atoms with Gasteiger partial charge in [-0.15, -0.1) is 0 Å². The largest absolute Gasteiger partial charge is 0.496 e. The van der Waals surface area contributed by atoms with E-state index in [2.05, 4.69) is 10.3 Å². The molecular formula is C27H29N3O5S. The lowest BCUT2D eigenvalue weighted by molar-refractivity contribution is -0.118. The van der Waals surface area contributed by atoms with Crippen LogP contribution in [0.4, 0.5) is 5.82 Å². The van der Waals surface area contributed by atoms with Gasteiger partial charge in [0.25, 0.3) is 0 Å². The molecular weight excluding hydrogens is 478 g/mol. The number of nitrogens with zero attached hydrogens (tertiary/aromatic N) is 2. The van der Waals surface area contributed by atoms with Gasteiger partial charge in [-0.3, -0.25) is 4.79 Å². The van der Waals surface area contributed by atoms with E-state index in [0.717, 1.165) is 39.6 Å². The third-order valence-electron chi connectivity index (χ3n) is 7.05. The number of carbonyl (C=O) groups is 1. The highest BCUT2D eigenvalue weighted by Gasteiger charge is 2.51. The van der Waals surface area contributed by atoms with Gasteiger partial charge in [-0.2, -0.15) is 4.31 Å². The van der Waals surface area contributed by atoms with Crippen LogP contribution in [-0.2, 0) is 20.2 Å². The number of carbonyl (C=O) groups excluding carboxylic acids is 1. The monoisotopic (exact) mass is 507 g/mol. The van der Waals surface area contributed by atoms with E-state index in [-0.39, 0.29) is 10.8 Å². The number of hydrogen-bond acceptors (Lipinski definition) is 6. The molecule has 0 spiro atoms. The summed E-state index contributed by atoms with van der Waals surface area (Å²) < 4.78 is 32.2. The predicted molar refractivity (Wildman–Crippen MR) is 136 cm³/mol. The van der Waals surface area contributed by atoms with E-state index in [0.29, 0.717) is 30.9 Å². The van der Waals surface area contributed by atoms with Crippen molar-refractivity contribution in [3.8, 4) is 17.0 Å². The minimum absolute atomic E-state index is 0.0951. The SMILES string of the molecule is COc1ccc(C2(C(=O)Nc3cccc(-c4ccc(S(=O)(=O)N5CCCC5O)cc4)n3)CC2)cc1C. The second-order valence-corrected chi connectivity index (χ2v) is 11.3. The molecule has 188 valence electrons. The minimum atomic E-state index is -3.76. The molecule has 36 heavy (non-hydrogen) atoms. The predicted octanol–water partition coefficient (Wildman–Crippen LogP) is 3.84. The van der Waals surface area contributed by atoms with E-state index in [9.17, 15) is 18.3 Å². The Labute approximate surface area is 211 Å². The lowest BCUT2D eigenvalue weighted by Gasteiger charge is -2.20. The van der Waals surface area contributed by atoms with Crippen LogP contribution in [0.1, 0.15) is 36.8 Å². The molecule has 1 atom stereocenters. The van der Waals surface area contributed by atoms with Crippen molar-refractivity contribution in [2.24, 2.45) is 0 Å². The Morgan fingerprint density at radius 2 is 1.89 bits per heavy atom. The molecule has 1 amide bonds. The Kier molecular flexibility index (Phi) is 6.32. The number of aliphatic hydroxyl groups is 1. The molecule has 0 bridgehead atoms. The molecule has 1 unspecified atom stereocenters. The number of nitrogens with one attached hydrogen (secondary N) is 1. The van der Waals surface area contributed by atoms with Crippen molar-refractivity contribution in [2.75, 3.05) is 19.0 Å². The molecule has 9 heteroatoms. The van der Waals surface area contributed by atoms with Gasteiger partial charge in [0.1, 0.15) is 17.8 Å². The number of pyridine rings is 1. The number of anilines is 1. The molecule has 1 saturated carbocycles. The number of methoxy groups -OCH3 is 1. The minimum Gasteiger partial charge on any atom is -0.496 e. The third kappa shape index (κ3) is 4.38. The van der Waals surface area contributed by atoms with Crippen molar-refractivity contribution in [3.05, 3.63) is 71.8 Å². The number of aliphatic hydroxyl groups excluding tert-OH is 1. The Balaban J connectivity index is 1.33. The maximum atomic E-state index is 13.2. The van der Waals surface area contributed by atoms with Crippen molar-refractivity contribution in [1.82, 2.24) is 9.29 Å². The molecule has 2 aromatic carbocycles. The second kappa shape index (κ2) is 9.31. The Morgan fingerprint density at radius 3 is 2.50 bits per heavy atom. The van der Waals surface area contributed by atoms with Gasteiger partial charge in [-0.25, -0.2) is 13.4 Å². The number of aryl methyl sites for hydroxylation is 1. The lowest BCUT2D eigenvalue weighted by atomic mass is 9.93. The lowest BCUT2D eigenvalue weighted by Crippen LogP contribution is -2.35. The van der Waals surface area contributed by atoms with Gasteiger partial charge < -0.3 is 15.2 Å². The zero-order valence-electron chi connectivity index (χ0n) is 20.3. The first-order valence-electron chi connectivity index (χ1n) is 12.0. The van der Waals surface area contributed by atoms with Gasteiger partial charge in [-0.05, 0) is 74.1 Å². The Bertz CT molecular complexity index is 1400. The topological polar surface area (TPSA) is 109 Å². The fourth-order valence-corrected chi connectivity index (χ4v) is 6.33. The summed E-state index contributed by atoms with van der Waals surface area (Å²) in [5, 5.41) is 13.0. The summed E-state index contributed by atoms with van der Waals surface area (Å²) in [6.07, 6.45) is 1.64. The van der Waals surface area contributed by atoms with Gasteiger partial charge >= 0.3 is 0 Å². The molecule has 1 saturated heterocycles. The molecule has 2 aliphatic rings. The average molecular weight is 508 g/mol. The molecule has 0 radical (unpaired) electrons. The summed E-state index contributed by atoms with van der Waals surface area (Å²) in [4.78, 5) is 18.0.